The standard InChI is InChI=1S/C19H28N2O2/c1-14-12-21(9-10-23-14)13-19(22)20-15(2)17-8-7-16-5-3-4-6-18(16)11-17/h7-8,11,14-15H,3-6,9-10,12-13H2,1-2H3,(H,20,22)/t14-,15-/m1/s1. The van der Waals surface area contributed by atoms with E-state index in [2.05, 4.69) is 42.3 Å². The number of hydrogen-bond donors (Lipinski definition) is 1. The summed E-state index contributed by atoms with van der Waals surface area (Å²) in [6.07, 6.45) is 5.18. The molecule has 1 fully saturated rings. The lowest BCUT2D eigenvalue weighted by atomic mass is 9.89. The topological polar surface area (TPSA) is 41.6 Å². The molecule has 23 heavy (non-hydrogen) atoms. The summed E-state index contributed by atoms with van der Waals surface area (Å²) in [6.45, 7) is 6.98. The van der Waals surface area contributed by atoms with Crippen LogP contribution in [-0.4, -0.2) is 43.2 Å². The van der Waals surface area contributed by atoms with Gasteiger partial charge in [0, 0.05) is 13.1 Å². The van der Waals surface area contributed by atoms with E-state index in [-0.39, 0.29) is 18.1 Å². The fraction of sp³-hybridized carbons (Fsp3) is 0.632. The van der Waals surface area contributed by atoms with Crippen LogP contribution in [0.5, 0.6) is 0 Å². The summed E-state index contributed by atoms with van der Waals surface area (Å²) in [5, 5.41) is 3.14. The number of aryl methyl sites for hydroxylation is 2. The van der Waals surface area contributed by atoms with E-state index in [0.29, 0.717) is 6.54 Å². The van der Waals surface area contributed by atoms with E-state index < -0.39 is 0 Å². The van der Waals surface area contributed by atoms with Crippen LogP contribution >= 0.6 is 0 Å². The predicted molar refractivity (Wildman–Crippen MR) is 91.5 cm³/mol. The van der Waals surface area contributed by atoms with Gasteiger partial charge in [0.25, 0.3) is 0 Å². The Morgan fingerprint density at radius 2 is 2.13 bits per heavy atom. The predicted octanol–water partition coefficient (Wildman–Crippen LogP) is 2.46. The molecule has 1 amide bonds. The number of benzene rings is 1. The molecule has 1 aliphatic heterocycles. The van der Waals surface area contributed by atoms with Gasteiger partial charge in [-0.15, -0.1) is 0 Å². The first-order valence-corrected chi connectivity index (χ1v) is 8.87. The molecule has 1 heterocycles. The van der Waals surface area contributed by atoms with Crippen LogP contribution in [0, 0.1) is 0 Å². The first-order valence-electron chi connectivity index (χ1n) is 8.87. The molecule has 2 atom stereocenters. The normalized spacial score (nSPS) is 23.1. The molecule has 0 spiro atoms. The first-order chi connectivity index (χ1) is 11.1. The van der Waals surface area contributed by atoms with Crippen LogP contribution in [0.2, 0.25) is 0 Å². The summed E-state index contributed by atoms with van der Waals surface area (Å²) in [4.78, 5) is 14.5. The van der Waals surface area contributed by atoms with Gasteiger partial charge in [-0.2, -0.15) is 0 Å². The summed E-state index contributed by atoms with van der Waals surface area (Å²) in [5.41, 5.74) is 4.17. The SMILES string of the molecule is C[C@@H]1CN(CC(=O)N[C@H](C)c2ccc3c(c2)CCCC3)CCO1. The molecule has 1 aliphatic carbocycles. The fourth-order valence-electron chi connectivity index (χ4n) is 3.63. The van der Waals surface area contributed by atoms with Gasteiger partial charge in [0.05, 0.1) is 25.3 Å². The van der Waals surface area contributed by atoms with Crippen molar-refractivity contribution in [1.29, 1.82) is 0 Å². The molecule has 3 rings (SSSR count). The number of fused-ring (bicyclic) bond motifs is 1. The van der Waals surface area contributed by atoms with Crippen LogP contribution in [0.25, 0.3) is 0 Å². The Hall–Kier alpha value is -1.39. The van der Waals surface area contributed by atoms with E-state index in [4.69, 9.17) is 4.74 Å². The molecule has 1 N–H and O–H groups in total. The van der Waals surface area contributed by atoms with Crippen LogP contribution in [0.4, 0.5) is 0 Å². The van der Waals surface area contributed by atoms with Crippen molar-refractivity contribution in [2.75, 3.05) is 26.2 Å². The minimum Gasteiger partial charge on any atom is -0.376 e. The Balaban J connectivity index is 1.55. The monoisotopic (exact) mass is 316 g/mol. The van der Waals surface area contributed by atoms with Crippen LogP contribution in [0.3, 0.4) is 0 Å². The van der Waals surface area contributed by atoms with E-state index in [1.807, 2.05) is 0 Å². The molecular weight excluding hydrogens is 288 g/mol. The second kappa shape index (κ2) is 7.45. The maximum absolute atomic E-state index is 12.3. The van der Waals surface area contributed by atoms with Crippen molar-refractivity contribution < 1.29 is 9.53 Å². The fourth-order valence-corrected chi connectivity index (χ4v) is 3.63. The van der Waals surface area contributed by atoms with Crippen molar-refractivity contribution in [1.82, 2.24) is 10.2 Å². The van der Waals surface area contributed by atoms with Gasteiger partial charge in [-0.05, 0) is 56.2 Å². The van der Waals surface area contributed by atoms with Gasteiger partial charge in [-0.25, -0.2) is 0 Å². The number of carbonyl (C=O) groups is 1. The molecular formula is C19H28N2O2. The van der Waals surface area contributed by atoms with Crippen LogP contribution in [-0.2, 0) is 22.4 Å². The van der Waals surface area contributed by atoms with Crippen LogP contribution in [0.1, 0.15) is 49.4 Å². The maximum Gasteiger partial charge on any atom is 0.234 e. The van der Waals surface area contributed by atoms with E-state index in [0.717, 1.165) is 19.7 Å². The highest BCUT2D eigenvalue weighted by molar-refractivity contribution is 5.78. The molecule has 4 nitrogen and oxygen atoms in total. The summed E-state index contributed by atoms with van der Waals surface area (Å²) >= 11 is 0. The third-order valence-electron chi connectivity index (χ3n) is 4.94. The lowest BCUT2D eigenvalue weighted by Gasteiger charge is -2.30. The van der Waals surface area contributed by atoms with E-state index in [1.54, 1.807) is 0 Å². The number of nitrogens with one attached hydrogen (secondary N) is 1. The number of hydrogen-bond acceptors (Lipinski definition) is 3. The van der Waals surface area contributed by atoms with Gasteiger partial charge in [-0.1, -0.05) is 18.2 Å². The van der Waals surface area contributed by atoms with Crippen molar-refractivity contribution in [2.45, 2.75) is 51.7 Å². The minimum atomic E-state index is 0.0631. The number of carbonyl (C=O) groups excluding carboxylic acids is 1. The second-order valence-electron chi connectivity index (χ2n) is 6.94. The van der Waals surface area contributed by atoms with Gasteiger partial charge in [0.1, 0.15) is 0 Å². The Labute approximate surface area is 139 Å². The first kappa shape index (κ1) is 16.5. The molecule has 1 aromatic carbocycles. The summed E-state index contributed by atoms with van der Waals surface area (Å²) in [5.74, 6) is 0.101. The van der Waals surface area contributed by atoms with Gasteiger partial charge >= 0.3 is 0 Å². The molecule has 4 heteroatoms. The third kappa shape index (κ3) is 4.33. The number of amides is 1. The lowest BCUT2D eigenvalue weighted by molar-refractivity contribution is -0.124. The summed E-state index contributed by atoms with van der Waals surface area (Å²) < 4.78 is 5.52. The van der Waals surface area contributed by atoms with Gasteiger partial charge in [0.2, 0.25) is 5.91 Å². The van der Waals surface area contributed by atoms with Crippen molar-refractivity contribution in [2.24, 2.45) is 0 Å². The largest absolute Gasteiger partial charge is 0.376 e. The van der Waals surface area contributed by atoms with Crippen molar-refractivity contribution in [3.05, 3.63) is 34.9 Å². The van der Waals surface area contributed by atoms with E-state index in [1.165, 1.54) is 42.4 Å². The third-order valence-corrected chi connectivity index (χ3v) is 4.94. The van der Waals surface area contributed by atoms with E-state index in [9.17, 15) is 4.79 Å². The van der Waals surface area contributed by atoms with Gasteiger partial charge in [0.15, 0.2) is 0 Å². The summed E-state index contributed by atoms with van der Waals surface area (Å²) in [6, 6.07) is 6.77. The second-order valence-corrected chi connectivity index (χ2v) is 6.94. The number of morpholine rings is 1. The van der Waals surface area contributed by atoms with Crippen LogP contribution in [0.15, 0.2) is 18.2 Å². The van der Waals surface area contributed by atoms with Crippen molar-refractivity contribution in [3.8, 4) is 0 Å². The quantitative estimate of drug-likeness (QED) is 0.928. The molecule has 0 bridgehead atoms. The van der Waals surface area contributed by atoms with Crippen molar-refractivity contribution >= 4 is 5.91 Å². The average molecular weight is 316 g/mol. The molecule has 0 unspecified atom stereocenters. The zero-order chi connectivity index (χ0) is 16.2. The Bertz CT molecular complexity index is 558. The molecule has 1 saturated heterocycles. The molecule has 0 radical (unpaired) electrons. The molecule has 126 valence electrons. The smallest absolute Gasteiger partial charge is 0.234 e. The average Bonchev–Trinajstić information content (AvgIpc) is 2.54. The summed E-state index contributed by atoms with van der Waals surface area (Å²) in [7, 11) is 0. The number of nitrogens with zero attached hydrogens (tertiary/aromatic N) is 1. The van der Waals surface area contributed by atoms with Gasteiger partial charge in [-0.3, -0.25) is 9.69 Å². The number of ether oxygens (including phenoxy) is 1. The van der Waals surface area contributed by atoms with Crippen LogP contribution < -0.4 is 5.32 Å². The maximum atomic E-state index is 12.3. The number of rotatable bonds is 4. The molecule has 0 saturated carbocycles. The Kier molecular flexibility index (Phi) is 5.34. The minimum absolute atomic E-state index is 0.0631. The van der Waals surface area contributed by atoms with E-state index >= 15 is 0 Å². The zero-order valence-electron chi connectivity index (χ0n) is 14.3. The Morgan fingerprint density at radius 3 is 2.91 bits per heavy atom. The molecule has 1 aromatic rings. The zero-order valence-corrected chi connectivity index (χ0v) is 14.3. The van der Waals surface area contributed by atoms with Gasteiger partial charge < -0.3 is 10.1 Å². The molecule has 2 aliphatic rings. The Morgan fingerprint density at radius 1 is 1.35 bits per heavy atom. The highest BCUT2D eigenvalue weighted by Gasteiger charge is 2.20. The lowest BCUT2D eigenvalue weighted by Crippen LogP contribution is -2.46. The highest BCUT2D eigenvalue weighted by Crippen LogP contribution is 2.24. The molecule has 0 aromatic heterocycles. The van der Waals surface area contributed by atoms with Crippen molar-refractivity contribution in [3.63, 3.8) is 0 Å². The highest BCUT2D eigenvalue weighted by atomic mass is 16.5.